The molecule has 3 aromatic rings. The summed E-state index contributed by atoms with van der Waals surface area (Å²) in [4.78, 5) is 4.53. The van der Waals surface area contributed by atoms with Crippen molar-refractivity contribution in [3.8, 4) is 23.0 Å². The molecule has 0 spiro atoms. The van der Waals surface area contributed by atoms with E-state index in [9.17, 15) is 13.2 Å². The Labute approximate surface area is 172 Å². The number of aryl methyl sites for hydroxylation is 2. The van der Waals surface area contributed by atoms with Gasteiger partial charge in [0.15, 0.2) is 0 Å². The maximum atomic E-state index is 13.1. The minimum atomic E-state index is -4.44. The van der Waals surface area contributed by atoms with Crippen LogP contribution in [0.2, 0.25) is 0 Å². The number of hydrogen-bond donors (Lipinski definition) is 1. The van der Waals surface area contributed by atoms with Crippen LogP contribution in [0.3, 0.4) is 0 Å². The van der Waals surface area contributed by atoms with Crippen molar-refractivity contribution >= 4 is 0 Å². The third-order valence-corrected chi connectivity index (χ3v) is 5.08. The Morgan fingerprint density at radius 2 is 1.87 bits per heavy atom. The molecule has 3 heterocycles. The molecule has 9 heteroatoms. The summed E-state index contributed by atoms with van der Waals surface area (Å²) < 4.78 is 46.9. The molecule has 4 rings (SSSR count). The van der Waals surface area contributed by atoms with Gasteiger partial charge in [-0.2, -0.15) is 13.2 Å². The van der Waals surface area contributed by atoms with E-state index in [0.717, 1.165) is 49.5 Å². The lowest BCUT2D eigenvalue weighted by Crippen LogP contribution is -2.30. The van der Waals surface area contributed by atoms with E-state index in [1.807, 2.05) is 17.7 Å². The van der Waals surface area contributed by atoms with Crippen molar-refractivity contribution in [1.29, 1.82) is 0 Å². The van der Waals surface area contributed by atoms with Crippen LogP contribution in [-0.4, -0.2) is 33.1 Å². The Hall–Kier alpha value is -2.94. The van der Waals surface area contributed by atoms with E-state index in [-0.39, 0.29) is 17.7 Å². The molecule has 1 aliphatic rings. The van der Waals surface area contributed by atoms with E-state index < -0.39 is 11.7 Å². The number of nitrogens with zero attached hydrogens (tertiary/aromatic N) is 4. The number of benzene rings is 1. The standard InChI is InChI=1S/C21H22F3N5O/c1-13-10-15(21(22,23)24)12-17(11-13)30-19-5-3-4-18(26-19)20-14(2)27-28-29(20)16-6-8-25-9-7-16/h3-5,10-12,16,25H,6-9H2,1-2H3. The fourth-order valence-electron chi connectivity index (χ4n) is 3.68. The highest BCUT2D eigenvalue weighted by molar-refractivity contribution is 5.58. The Morgan fingerprint density at radius 1 is 1.10 bits per heavy atom. The lowest BCUT2D eigenvalue weighted by molar-refractivity contribution is -0.137. The summed E-state index contributed by atoms with van der Waals surface area (Å²) in [6, 6.07) is 9.05. The van der Waals surface area contributed by atoms with Crippen LogP contribution >= 0.6 is 0 Å². The molecule has 1 aromatic carbocycles. The number of nitrogens with one attached hydrogen (secondary N) is 1. The smallest absolute Gasteiger partial charge is 0.416 e. The SMILES string of the molecule is Cc1cc(Oc2cccc(-c3c(C)nnn3C3CCNCC3)n2)cc(C(F)(F)F)c1. The van der Waals surface area contributed by atoms with Gasteiger partial charge in [-0.15, -0.1) is 5.10 Å². The molecule has 1 fully saturated rings. The summed E-state index contributed by atoms with van der Waals surface area (Å²) in [6.45, 7) is 5.28. The van der Waals surface area contributed by atoms with E-state index >= 15 is 0 Å². The molecule has 0 saturated carbocycles. The molecule has 2 aromatic heterocycles. The number of halogens is 3. The van der Waals surface area contributed by atoms with Gasteiger partial charge in [-0.05, 0) is 69.6 Å². The van der Waals surface area contributed by atoms with Crippen LogP contribution < -0.4 is 10.1 Å². The molecule has 30 heavy (non-hydrogen) atoms. The van der Waals surface area contributed by atoms with Gasteiger partial charge in [0.05, 0.1) is 23.0 Å². The number of pyridine rings is 1. The fourth-order valence-corrected chi connectivity index (χ4v) is 3.68. The molecule has 1 N–H and O–H groups in total. The summed E-state index contributed by atoms with van der Waals surface area (Å²) in [6.07, 6.45) is -2.56. The van der Waals surface area contributed by atoms with E-state index in [1.54, 1.807) is 25.1 Å². The van der Waals surface area contributed by atoms with Crippen LogP contribution in [0, 0.1) is 13.8 Å². The topological polar surface area (TPSA) is 64.9 Å². The molecule has 1 aliphatic heterocycles. The van der Waals surface area contributed by atoms with Crippen LogP contribution in [0.5, 0.6) is 11.6 Å². The quantitative estimate of drug-likeness (QED) is 0.667. The largest absolute Gasteiger partial charge is 0.439 e. The number of piperidine rings is 1. The first kappa shape index (κ1) is 20.3. The third kappa shape index (κ3) is 4.30. The van der Waals surface area contributed by atoms with Crippen molar-refractivity contribution in [2.75, 3.05) is 13.1 Å². The molecular weight excluding hydrogens is 395 g/mol. The molecule has 1 saturated heterocycles. The summed E-state index contributed by atoms with van der Waals surface area (Å²) in [5.74, 6) is 0.303. The van der Waals surface area contributed by atoms with Gasteiger partial charge in [0.1, 0.15) is 11.4 Å². The molecule has 0 unspecified atom stereocenters. The Kier molecular flexibility index (Phi) is 5.46. The summed E-state index contributed by atoms with van der Waals surface area (Å²) in [5, 5.41) is 11.9. The van der Waals surface area contributed by atoms with Crippen LogP contribution in [0.25, 0.3) is 11.4 Å². The average Bonchev–Trinajstić information content (AvgIpc) is 3.09. The zero-order valence-corrected chi connectivity index (χ0v) is 16.7. The first-order valence-corrected chi connectivity index (χ1v) is 9.78. The second-order valence-electron chi connectivity index (χ2n) is 7.44. The molecule has 0 bridgehead atoms. The first-order chi connectivity index (χ1) is 14.3. The van der Waals surface area contributed by atoms with Crippen LogP contribution in [0.1, 0.15) is 35.7 Å². The van der Waals surface area contributed by atoms with Crippen LogP contribution in [-0.2, 0) is 6.18 Å². The van der Waals surface area contributed by atoms with Gasteiger partial charge < -0.3 is 10.1 Å². The van der Waals surface area contributed by atoms with E-state index in [1.165, 1.54) is 0 Å². The monoisotopic (exact) mass is 417 g/mol. The highest BCUT2D eigenvalue weighted by Crippen LogP contribution is 2.34. The van der Waals surface area contributed by atoms with Crippen LogP contribution in [0.15, 0.2) is 36.4 Å². The first-order valence-electron chi connectivity index (χ1n) is 9.78. The zero-order chi connectivity index (χ0) is 21.3. The second-order valence-corrected chi connectivity index (χ2v) is 7.44. The maximum absolute atomic E-state index is 13.1. The van der Waals surface area contributed by atoms with Crippen molar-refractivity contribution in [2.24, 2.45) is 0 Å². The van der Waals surface area contributed by atoms with Gasteiger partial charge in [0.25, 0.3) is 0 Å². The molecule has 0 atom stereocenters. The van der Waals surface area contributed by atoms with Gasteiger partial charge in [-0.25, -0.2) is 9.67 Å². The molecular formula is C21H22F3N5O. The van der Waals surface area contributed by atoms with E-state index in [2.05, 4.69) is 20.6 Å². The Balaban J connectivity index is 1.65. The number of alkyl halides is 3. The lowest BCUT2D eigenvalue weighted by Gasteiger charge is -2.24. The number of rotatable bonds is 4. The van der Waals surface area contributed by atoms with Crippen molar-refractivity contribution < 1.29 is 17.9 Å². The summed E-state index contributed by atoms with van der Waals surface area (Å²) in [5.41, 5.74) is 1.87. The van der Waals surface area contributed by atoms with E-state index in [4.69, 9.17) is 4.74 Å². The van der Waals surface area contributed by atoms with Gasteiger partial charge in [-0.1, -0.05) is 11.3 Å². The minimum Gasteiger partial charge on any atom is -0.439 e. The normalized spacial score (nSPS) is 15.4. The second kappa shape index (κ2) is 8.06. The highest BCUT2D eigenvalue weighted by atomic mass is 19.4. The van der Waals surface area contributed by atoms with Gasteiger partial charge in [0.2, 0.25) is 5.88 Å². The average molecular weight is 417 g/mol. The van der Waals surface area contributed by atoms with Gasteiger partial charge in [0, 0.05) is 6.07 Å². The third-order valence-electron chi connectivity index (χ3n) is 5.08. The molecule has 6 nitrogen and oxygen atoms in total. The van der Waals surface area contributed by atoms with Gasteiger partial charge in [-0.3, -0.25) is 0 Å². The number of ether oxygens (including phenoxy) is 1. The summed E-state index contributed by atoms with van der Waals surface area (Å²) >= 11 is 0. The minimum absolute atomic E-state index is 0.0914. The summed E-state index contributed by atoms with van der Waals surface area (Å²) in [7, 11) is 0. The van der Waals surface area contributed by atoms with Crippen LogP contribution in [0.4, 0.5) is 13.2 Å². The molecule has 0 amide bonds. The molecule has 0 radical (unpaired) electrons. The number of aromatic nitrogens is 4. The Morgan fingerprint density at radius 3 is 2.60 bits per heavy atom. The predicted molar refractivity (Wildman–Crippen MR) is 105 cm³/mol. The highest BCUT2D eigenvalue weighted by Gasteiger charge is 2.31. The predicted octanol–water partition coefficient (Wildman–Crippen LogP) is 4.69. The lowest BCUT2D eigenvalue weighted by atomic mass is 10.1. The molecule has 0 aliphatic carbocycles. The fraction of sp³-hybridized carbons (Fsp3) is 0.381. The number of hydrogen-bond acceptors (Lipinski definition) is 5. The maximum Gasteiger partial charge on any atom is 0.416 e. The molecule has 158 valence electrons. The van der Waals surface area contributed by atoms with Crippen molar-refractivity contribution in [3.63, 3.8) is 0 Å². The zero-order valence-electron chi connectivity index (χ0n) is 16.7. The van der Waals surface area contributed by atoms with Gasteiger partial charge >= 0.3 is 6.18 Å². The van der Waals surface area contributed by atoms with E-state index in [0.29, 0.717) is 11.3 Å². The van der Waals surface area contributed by atoms with Crippen molar-refractivity contribution in [1.82, 2.24) is 25.3 Å². The van der Waals surface area contributed by atoms with Crippen molar-refractivity contribution in [3.05, 3.63) is 53.2 Å². The van der Waals surface area contributed by atoms with Crippen molar-refractivity contribution in [2.45, 2.75) is 38.9 Å². The Bertz CT molecular complexity index is 1040.